The summed E-state index contributed by atoms with van der Waals surface area (Å²) in [5.74, 6) is 0. The van der Waals surface area contributed by atoms with Crippen LogP contribution in [0.25, 0.3) is 10.9 Å². The molecule has 2 N–H and O–H groups in total. The van der Waals surface area contributed by atoms with Crippen LogP contribution in [-0.4, -0.2) is 19.9 Å². The molecule has 2 aromatic carbocycles. The first-order chi connectivity index (χ1) is 13.1. The van der Waals surface area contributed by atoms with Gasteiger partial charge in [-0.25, -0.2) is 13.1 Å². The maximum atomic E-state index is 12.5. The number of H-pyrrole nitrogens is 1. The Labute approximate surface area is 165 Å². The summed E-state index contributed by atoms with van der Waals surface area (Å²) in [5, 5.41) is 0.940. The van der Waals surface area contributed by atoms with Crippen LogP contribution in [0.5, 0.6) is 0 Å². The first-order valence-electron chi connectivity index (χ1n) is 9.30. The van der Waals surface area contributed by atoms with Crippen molar-refractivity contribution >= 4 is 20.9 Å². The lowest BCUT2D eigenvalue weighted by Gasteiger charge is -2.19. The van der Waals surface area contributed by atoms with Crippen LogP contribution in [0.1, 0.15) is 37.5 Å². The number of para-hydroxylation sites is 1. The van der Waals surface area contributed by atoms with Crippen LogP contribution < -0.4 is 10.3 Å². The van der Waals surface area contributed by atoms with Gasteiger partial charge in [0.2, 0.25) is 10.0 Å². The normalized spacial score (nSPS) is 12.4. The van der Waals surface area contributed by atoms with E-state index in [0.717, 1.165) is 22.0 Å². The van der Waals surface area contributed by atoms with Gasteiger partial charge in [0.05, 0.1) is 10.4 Å². The van der Waals surface area contributed by atoms with E-state index in [0.29, 0.717) is 12.0 Å². The fourth-order valence-corrected chi connectivity index (χ4v) is 4.18. The van der Waals surface area contributed by atoms with Crippen LogP contribution in [0.2, 0.25) is 0 Å². The molecular formula is C22H26N2O3S. The molecule has 0 fully saturated rings. The summed E-state index contributed by atoms with van der Waals surface area (Å²) >= 11 is 0. The van der Waals surface area contributed by atoms with Gasteiger partial charge < -0.3 is 4.98 Å². The Bertz CT molecular complexity index is 1160. The second kappa shape index (κ2) is 7.53. The number of hydrogen-bond donors (Lipinski definition) is 2. The van der Waals surface area contributed by atoms with E-state index in [1.165, 1.54) is 0 Å². The van der Waals surface area contributed by atoms with Crippen molar-refractivity contribution < 1.29 is 8.42 Å². The van der Waals surface area contributed by atoms with Crippen LogP contribution in [-0.2, 0) is 21.9 Å². The third-order valence-electron chi connectivity index (χ3n) is 4.88. The Morgan fingerprint density at radius 1 is 1.04 bits per heavy atom. The molecule has 0 spiro atoms. The van der Waals surface area contributed by atoms with E-state index in [1.807, 2.05) is 43.3 Å². The molecule has 0 radical (unpaired) electrons. The molecule has 0 aliphatic rings. The summed E-state index contributed by atoms with van der Waals surface area (Å²) in [7, 11) is -3.62. The maximum absolute atomic E-state index is 12.5. The Balaban J connectivity index is 1.73. The van der Waals surface area contributed by atoms with Crippen molar-refractivity contribution in [1.82, 2.24) is 9.71 Å². The summed E-state index contributed by atoms with van der Waals surface area (Å²) in [4.78, 5) is 15.4. The number of pyridine rings is 1. The van der Waals surface area contributed by atoms with Crippen molar-refractivity contribution in [3.8, 4) is 0 Å². The number of nitrogens with one attached hydrogen (secondary N) is 2. The van der Waals surface area contributed by atoms with E-state index < -0.39 is 10.0 Å². The number of sulfonamides is 1. The highest BCUT2D eigenvalue weighted by Gasteiger charge is 2.17. The van der Waals surface area contributed by atoms with Crippen LogP contribution in [0.3, 0.4) is 0 Å². The smallest absolute Gasteiger partial charge is 0.251 e. The van der Waals surface area contributed by atoms with Gasteiger partial charge in [0, 0.05) is 12.1 Å². The minimum Gasteiger partial charge on any atom is -0.321 e. The standard InChI is InChI=1S/C22H26N2O3S/c1-15-6-5-7-16-14-17(21(25)24-20(15)16)12-13-23-28(26,27)19-10-8-18(9-11-19)22(2,3)4/h5-11,14,23H,12-13H2,1-4H3,(H,24,25). The first-order valence-corrected chi connectivity index (χ1v) is 10.8. The lowest BCUT2D eigenvalue weighted by atomic mass is 9.87. The van der Waals surface area contributed by atoms with E-state index in [9.17, 15) is 13.2 Å². The number of aromatic amines is 1. The second-order valence-corrected chi connectivity index (χ2v) is 9.85. The van der Waals surface area contributed by atoms with Gasteiger partial charge in [-0.2, -0.15) is 0 Å². The molecule has 1 heterocycles. The number of fused-ring (bicyclic) bond motifs is 1. The van der Waals surface area contributed by atoms with Crippen LogP contribution >= 0.6 is 0 Å². The van der Waals surface area contributed by atoms with E-state index in [4.69, 9.17) is 0 Å². The predicted octanol–water partition coefficient (Wildman–Crippen LogP) is 3.66. The summed E-state index contributed by atoms with van der Waals surface area (Å²) in [6, 6.07) is 14.6. The van der Waals surface area contributed by atoms with Gasteiger partial charge in [0.15, 0.2) is 0 Å². The Hall–Kier alpha value is -2.44. The van der Waals surface area contributed by atoms with Crippen molar-refractivity contribution in [2.24, 2.45) is 0 Å². The van der Waals surface area contributed by atoms with E-state index >= 15 is 0 Å². The van der Waals surface area contributed by atoms with Gasteiger partial charge in [-0.3, -0.25) is 4.79 Å². The van der Waals surface area contributed by atoms with E-state index in [-0.39, 0.29) is 22.4 Å². The fraction of sp³-hybridized carbons (Fsp3) is 0.318. The highest BCUT2D eigenvalue weighted by atomic mass is 32.2. The van der Waals surface area contributed by atoms with Crippen LogP contribution in [0.4, 0.5) is 0 Å². The summed E-state index contributed by atoms with van der Waals surface area (Å²) < 4.78 is 27.6. The number of aryl methyl sites for hydroxylation is 1. The molecule has 0 unspecified atom stereocenters. The predicted molar refractivity (Wildman–Crippen MR) is 113 cm³/mol. The zero-order valence-electron chi connectivity index (χ0n) is 16.7. The summed E-state index contributed by atoms with van der Waals surface area (Å²) in [6.45, 7) is 8.34. The third-order valence-corrected chi connectivity index (χ3v) is 6.36. The molecule has 3 rings (SSSR count). The van der Waals surface area contributed by atoms with Crippen LogP contribution in [0, 0.1) is 6.92 Å². The molecule has 0 atom stereocenters. The van der Waals surface area contributed by atoms with Crippen molar-refractivity contribution in [2.75, 3.05) is 6.54 Å². The molecule has 1 aromatic heterocycles. The second-order valence-electron chi connectivity index (χ2n) is 8.08. The average molecular weight is 399 g/mol. The minimum atomic E-state index is -3.62. The SMILES string of the molecule is Cc1cccc2cc(CCNS(=O)(=O)c3ccc(C(C)(C)C)cc3)c(=O)[nH]c12. The van der Waals surface area contributed by atoms with Gasteiger partial charge in [-0.1, -0.05) is 51.1 Å². The van der Waals surface area contributed by atoms with Gasteiger partial charge >= 0.3 is 0 Å². The molecule has 0 saturated carbocycles. The highest BCUT2D eigenvalue weighted by Crippen LogP contribution is 2.23. The molecule has 0 aliphatic carbocycles. The van der Waals surface area contributed by atoms with Crippen molar-refractivity contribution in [1.29, 1.82) is 0 Å². The first kappa shape index (κ1) is 20.3. The third kappa shape index (κ3) is 4.34. The monoisotopic (exact) mass is 398 g/mol. The Morgan fingerprint density at radius 3 is 2.36 bits per heavy atom. The number of rotatable bonds is 5. The quantitative estimate of drug-likeness (QED) is 0.688. The van der Waals surface area contributed by atoms with Crippen molar-refractivity contribution in [2.45, 2.75) is 44.4 Å². The maximum Gasteiger partial charge on any atom is 0.251 e. The molecule has 0 bridgehead atoms. The lowest BCUT2D eigenvalue weighted by molar-refractivity contribution is 0.578. The van der Waals surface area contributed by atoms with Crippen molar-refractivity contribution in [3.05, 3.63) is 75.6 Å². The largest absolute Gasteiger partial charge is 0.321 e. The van der Waals surface area contributed by atoms with E-state index in [1.54, 1.807) is 12.1 Å². The minimum absolute atomic E-state index is 0.0365. The number of hydrogen-bond acceptors (Lipinski definition) is 3. The molecule has 0 saturated heterocycles. The Kier molecular flexibility index (Phi) is 5.46. The zero-order valence-corrected chi connectivity index (χ0v) is 17.5. The van der Waals surface area contributed by atoms with Crippen molar-refractivity contribution in [3.63, 3.8) is 0 Å². The molecule has 0 amide bonds. The topological polar surface area (TPSA) is 79.0 Å². The van der Waals surface area contributed by atoms with Gasteiger partial charge in [-0.15, -0.1) is 0 Å². The number of benzene rings is 2. The van der Waals surface area contributed by atoms with Crippen LogP contribution in [0.15, 0.2) is 58.2 Å². The van der Waals surface area contributed by atoms with Gasteiger partial charge in [0.25, 0.3) is 5.56 Å². The van der Waals surface area contributed by atoms with Gasteiger partial charge in [0.1, 0.15) is 0 Å². The molecular weight excluding hydrogens is 372 g/mol. The van der Waals surface area contributed by atoms with Gasteiger partial charge in [-0.05, 0) is 53.5 Å². The number of aromatic nitrogens is 1. The molecule has 28 heavy (non-hydrogen) atoms. The molecule has 5 nitrogen and oxygen atoms in total. The fourth-order valence-electron chi connectivity index (χ4n) is 3.15. The highest BCUT2D eigenvalue weighted by molar-refractivity contribution is 7.89. The lowest BCUT2D eigenvalue weighted by Crippen LogP contribution is -2.27. The molecule has 148 valence electrons. The molecule has 0 aliphatic heterocycles. The Morgan fingerprint density at radius 2 is 1.71 bits per heavy atom. The zero-order chi connectivity index (χ0) is 20.5. The van der Waals surface area contributed by atoms with E-state index in [2.05, 4.69) is 30.5 Å². The summed E-state index contributed by atoms with van der Waals surface area (Å²) in [5.41, 5.74) is 3.23. The average Bonchev–Trinajstić information content (AvgIpc) is 2.62. The summed E-state index contributed by atoms with van der Waals surface area (Å²) in [6.07, 6.45) is 0.318. The molecule has 3 aromatic rings. The molecule has 6 heteroatoms.